The Balaban J connectivity index is 1.84. The van der Waals surface area contributed by atoms with Crippen LogP contribution in [0.3, 0.4) is 0 Å². The van der Waals surface area contributed by atoms with Crippen LogP contribution < -0.4 is 14.8 Å². The van der Waals surface area contributed by atoms with Gasteiger partial charge in [-0.25, -0.2) is 4.79 Å². The van der Waals surface area contributed by atoms with E-state index in [1.807, 2.05) is 0 Å². The molecule has 0 unspecified atom stereocenters. The molecule has 1 aromatic rings. The molecule has 0 radical (unpaired) electrons. The number of fused-ring (bicyclic) bond motifs is 1. The zero-order chi connectivity index (χ0) is 18.0. The van der Waals surface area contributed by atoms with Crippen LogP contribution in [0.25, 0.3) is 0 Å². The van der Waals surface area contributed by atoms with Gasteiger partial charge in [0.15, 0.2) is 11.5 Å². The number of nitrogens with one attached hydrogen (secondary N) is 1. The summed E-state index contributed by atoms with van der Waals surface area (Å²) in [7, 11) is 0. The van der Waals surface area contributed by atoms with E-state index in [-0.39, 0.29) is 13.2 Å². The van der Waals surface area contributed by atoms with Crippen molar-refractivity contribution in [3.8, 4) is 11.5 Å². The lowest BCUT2D eigenvalue weighted by atomic mass is 10.1. The monoisotopic (exact) mass is 359 g/mol. The third-order valence-electron chi connectivity index (χ3n) is 2.98. The van der Waals surface area contributed by atoms with E-state index in [0.717, 1.165) is 5.32 Å². The Morgan fingerprint density at radius 2 is 1.75 bits per heavy atom. The lowest BCUT2D eigenvalue weighted by molar-refractivity contribution is -0.256. The zero-order valence-electron chi connectivity index (χ0n) is 11.8. The molecule has 0 fully saturated rings. The van der Waals surface area contributed by atoms with E-state index in [0.29, 0.717) is 17.1 Å². The number of carbonyl (C=O) groups is 1. The molecule has 11 heteroatoms. The highest BCUT2D eigenvalue weighted by molar-refractivity contribution is 5.67. The van der Waals surface area contributed by atoms with Crippen molar-refractivity contribution in [3.05, 3.63) is 23.8 Å². The van der Waals surface area contributed by atoms with Crippen LogP contribution in [-0.4, -0.2) is 37.9 Å². The molecule has 1 N–H and O–H groups in total. The van der Waals surface area contributed by atoms with E-state index in [2.05, 4.69) is 4.74 Å². The van der Waals surface area contributed by atoms with Gasteiger partial charge < -0.3 is 19.5 Å². The number of hydrogen-bond donors (Lipinski definition) is 1. The van der Waals surface area contributed by atoms with Crippen molar-refractivity contribution in [1.29, 1.82) is 0 Å². The lowest BCUT2D eigenvalue weighted by Gasteiger charge is -2.23. The van der Waals surface area contributed by atoms with Gasteiger partial charge in [0.25, 0.3) is 0 Å². The molecule has 1 aliphatic heterocycles. The first-order valence-electron chi connectivity index (χ1n) is 6.52. The molecule has 0 bridgehead atoms. The molecule has 2 rings (SSSR count). The van der Waals surface area contributed by atoms with Crippen LogP contribution in [0.2, 0.25) is 0 Å². The van der Waals surface area contributed by atoms with Crippen molar-refractivity contribution < 1.29 is 45.3 Å². The van der Waals surface area contributed by atoms with E-state index in [1.165, 1.54) is 0 Å². The first kappa shape index (κ1) is 18.0. The van der Waals surface area contributed by atoms with Gasteiger partial charge >= 0.3 is 18.4 Å². The minimum Gasteiger partial charge on any atom is -0.454 e. The second-order valence-corrected chi connectivity index (χ2v) is 4.73. The maximum absolute atomic E-state index is 12.3. The molecule has 1 heterocycles. The molecule has 1 aromatic carbocycles. The summed E-state index contributed by atoms with van der Waals surface area (Å²) < 4.78 is 88.2. The summed E-state index contributed by atoms with van der Waals surface area (Å²) in [6.45, 7) is -0.359. The Kier molecular flexibility index (Phi) is 4.99. The third kappa shape index (κ3) is 4.59. The number of alkyl carbamates (subject to hydrolysis) is 1. The Morgan fingerprint density at radius 1 is 1.12 bits per heavy atom. The average molecular weight is 359 g/mol. The molecule has 134 valence electrons. The minimum absolute atomic E-state index is 0.0496. The summed E-state index contributed by atoms with van der Waals surface area (Å²) in [5.74, 6) is 0.960. The van der Waals surface area contributed by atoms with Crippen LogP contribution >= 0.6 is 0 Å². The van der Waals surface area contributed by atoms with Gasteiger partial charge in [-0.3, -0.25) is 0 Å². The molecule has 24 heavy (non-hydrogen) atoms. The highest BCUT2D eigenvalue weighted by atomic mass is 19.4. The molecule has 5 nitrogen and oxygen atoms in total. The predicted octanol–water partition coefficient (Wildman–Crippen LogP) is 3.18. The Hall–Kier alpha value is -2.33. The standard InChI is InChI=1S/C13H11F6NO4/c14-12(15,16)10(13(17,18)19)20-11(21)22-4-3-7-1-2-8-9(5-7)24-6-23-8/h1-2,5,10H,3-4,6H2,(H,20,21). The fourth-order valence-corrected chi connectivity index (χ4v) is 1.87. The number of ether oxygens (including phenoxy) is 3. The van der Waals surface area contributed by atoms with Gasteiger partial charge in [0.05, 0.1) is 6.61 Å². The maximum Gasteiger partial charge on any atom is 0.417 e. The SMILES string of the molecule is O=C(NC(C(F)(F)F)C(F)(F)F)OCCc1ccc2c(c1)OCO2. The van der Waals surface area contributed by atoms with Crippen LogP contribution in [0.5, 0.6) is 11.5 Å². The summed E-state index contributed by atoms with van der Waals surface area (Å²) >= 11 is 0. The summed E-state index contributed by atoms with van der Waals surface area (Å²) in [5, 5.41) is 0.769. The number of rotatable bonds is 4. The Bertz CT molecular complexity index is 587. The maximum atomic E-state index is 12.3. The van der Waals surface area contributed by atoms with Crippen molar-refractivity contribution >= 4 is 6.09 Å². The lowest BCUT2D eigenvalue weighted by Crippen LogP contribution is -2.54. The van der Waals surface area contributed by atoms with E-state index in [9.17, 15) is 31.1 Å². The number of alkyl halides is 6. The molecule has 0 saturated heterocycles. The summed E-state index contributed by atoms with van der Waals surface area (Å²) in [5.41, 5.74) is 0.607. The van der Waals surface area contributed by atoms with E-state index in [1.54, 1.807) is 18.2 Å². The van der Waals surface area contributed by atoms with Crippen LogP contribution in [0.4, 0.5) is 31.1 Å². The topological polar surface area (TPSA) is 56.8 Å². The molecule has 0 saturated carbocycles. The fourth-order valence-electron chi connectivity index (χ4n) is 1.87. The summed E-state index contributed by atoms with van der Waals surface area (Å²) in [4.78, 5) is 11.1. The first-order chi connectivity index (χ1) is 11.1. The van der Waals surface area contributed by atoms with Crippen LogP contribution in [0.15, 0.2) is 18.2 Å². The van der Waals surface area contributed by atoms with Crippen molar-refractivity contribution in [3.63, 3.8) is 0 Å². The fraction of sp³-hybridized carbons (Fsp3) is 0.462. The molecule has 0 atom stereocenters. The Morgan fingerprint density at radius 3 is 2.38 bits per heavy atom. The second kappa shape index (κ2) is 6.65. The smallest absolute Gasteiger partial charge is 0.417 e. The largest absolute Gasteiger partial charge is 0.454 e. The first-order valence-corrected chi connectivity index (χ1v) is 6.52. The zero-order valence-corrected chi connectivity index (χ0v) is 11.8. The number of halogens is 6. The molecule has 1 aliphatic rings. The number of hydrogen-bond acceptors (Lipinski definition) is 4. The summed E-state index contributed by atoms with van der Waals surface area (Å²) in [6, 6.07) is 0.769. The molecule has 0 aromatic heterocycles. The Labute approximate surface area is 131 Å². The number of benzene rings is 1. The molecular weight excluding hydrogens is 348 g/mol. The van der Waals surface area contributed by atoms with Crippen LogP contribution in [-0.2, 0) is 11.2 Å². The molecule has 0 aliphatic carbocycles. The summed E-state index contributed by atoms with van der Waals surface area (Å²) in [6.07, 6.45) is -13.1. The van der Waals surface area contributed by atoms with E-state index < -0.39 is 31.1 Å². The van der Waals surface area contributed by atoms with Gasteiger partial charge in [-0.05, 0) is 17.7 Å². The van der Waals surface area contributed by atoms with Crippen molar-refractivity contribution in [1.82, 2.24) is 5.32 Å². The van der Waals surface area contributed by atoms with Gasteiger partial charge in [-0.2, -0.15) is 26.3 Å². The van der Waals surface area contributed by atoms with Crippen molar-refractivity contribution in [2.45, 2.75) is 24.8 Å². The van der Waals surface area contributed by atoms with Gasteiger partial charge in [-0.15, -0.1) is 0 Å². The molecule has 0 spiro atoms. The molecular formula is C13H11F6NO4. The number of amides is 1. The van der Waals surface area contributed by atoms with Crippen molar-refractivity contribution in [2.75, 3.05) is 13.4 Å². The van der Waals surface area contributed by atoms with E-state index >= 15 is 0 Å². The highest BCUT2D eigenvalue weighted by Crippen LogP contribution is 2.34. The number of carbonyl (C=O) groups excluding carboxylic acids is 1. The average Bonchev–Trinajstić information content (AvgIpc) is 2.90. The van der Waals surface area contributed by atoms with Gasteiger partial charge in [0.2, 0.25) is 12.8 Å². The van der Waals surface area contributed by atoms with Crippen LogP contribution in [0.1, 0.15) is 5.56 Å². The molecule has 1 amide bonds. The second-order valence-electron chi connectivity index (χ2n) is 4.73. The van der Waals surface area contributed by atoms with Crippen molar-refractivity contribution in [2.24, 2.45) is 0 Å². The van der Waals surface area contributed by atoms with Crippen LogP contribution in [0, 0.1) is 0 Å². The predicted molar refractivity (Wildman–Crippen MR) is 66.7 cm³/mol. The minimum atomic E-state index is -5.67. The highest BCUT2D eigenvalue weighted by Gasteiger charge is 2.57. The quantitative estimate of drug-likeness (QED) is 0.839. The van der Waals surface area contributed by atoms with Gasteiger partial charge in [0.1, 0.15) is 0 Å². The van der Waals surface area contributed by atoms with Gasteiger partial charge in [0, 0.05) is 6.42 Å². The van der Waals surface area contributed by atoms with Gasteiger partial charge in [-0.1, -0.05) is 6.07 Å². The normalized spacial score (nSPS) is 14.0. The van der Waals surface area contributed by atoms with E-state index in [4.69, 9.17) is 9.47 Å². The third-order valence-corrected chi connectivity index (χ3v) is 2.98.